The molecule has 0 radical (unpaired) electrons. The first-order valence-electron chi connectivity index (χ1n) is 9.95. The lowest BCUT2D eigenvalue weighted by Crippen LogP contribution is -2.44. The van der Waals surface area contributed by atoms with Gasteiger partial charge in [-0.3, -0.25) is 14.7 Å². The van der Waals surface area contributed by atoms with Crippen LogP contribution >= 0.6 is 18.6 Å². The maximum atomic E-state index is 12.3. The lowest BCUT2D eigenvalue weighted by molar-refractivity contribution is -0.120. The van der Waals surface area contributed by atoms with E-state index in [1.807, 2.05) is 0 Å². The van der Waals surface area contributed by atoms with Crippen molar-refractivity contribution >= 4 is 47.7 Å². The lowest BCUT2D eigenvalue weighted by Gasteiger charge is -2.27. The van der Waals surface area contributed by atoms with E-state index in [1.165, 1.54) is 36.9 Å². The Balaban J connectivity index is 1.42. The molecule has 17 heteroatoms. The van der Waals surface area contributed by atoms with Gasteiger partial charge in [-0.15, -0.1) is 4.52 Å². The molecule has 4 heterocycles. The fourth-order valence-electron chi connectivity index (χ4n) is 3.68. The van der Waals surface area contributed by atoms with Gasteiger partial charge in [-0.1, -0.05) is 0 Å². The van der Waals surface area contributed by atoms with Gasteiger partial charge in [0, 0.05) is 7.05 Å². The standard InChI is InChI=1S/C17H22N7O8PS/c1-17(28)10(25)8(4-31-33(29)34-5-7-12(26)21-16(27)23(7)2)32-14(17)24-6-19-9-11(24)20-15(18)22-13(9)30-3/h6-8,10,14,25,28H,4-5H2,1-3H3,(H2-,18,20,21,22,26,27)/p+1/t7-,8-,10-,14-,17-/m1/s1. The molecule has 15 nitrogen and oxygen atoms in total. The number of urea groups is 1. The molecule has 5 N–H and O–H groups in total. The van der Waals surface area contributed by atoms with Crippen molar-refractivity contribution in [2.24, 2.45) is 0 Å². The number of aliphatic hydroxyl groups is 2. The number of imidazole rings is 1. The van der Waals surface area contributed by atoms with Crippen molar-refractivity contribution in [1.82, 2.24) is 29.7 Å². The number of hydrogen-bond donors (Lipinski definition) is 4. The number of fused-ring (bicyclic) bond motifs is 1. The number of aliphatic hydroxyl groups excluding tert-OH is 1. The number of nitrogens with one attached hydrogen (secondary N) is 1. The summed E-state index contributed by atoms with van der Waals surface area (Å²) in [6, 6.07) is -1.29. The minimum absolute atomic E-state index is 0.0572. The fraction of sp³-hybridized carbons (Fsp3) is 0.588. The highest BCUT2D eigenvalue weighted by atomic mass is 32.7. The number of ether oxygens (including phenoxy) is 2. The maximum Gasteiger partial charge on any atom is 0.585 e. The number of nitrogen functional groups attached to an aromatic ring is 1. The molecule has 34 heavy (non-hydrogen) atoms. The van der Waals surface area contributed by atoms with Crippen LogP contribution in [0.2, 0.25) is 0 Å². The summed E-state index contributed by atoms with van der Waals surface area (Å²) in [7, 11) is 0.543. The Kier molecular flexibility index (Phi) is 6.63. The molecular weight excluding hydrogens is 493 g/mol. The summed E-state index contributed by atoms with van der Waals surface area (Å²) in [6.07, 6.45) is -2.24. The molecule has 2 aliphatic rings. The summed E-state index contributed by atoms with van der Waals surface area (Å²) in [5, 5.41) is 23.8. The van der Waals surface area contributed by atoms with Crippen molar-refractivity contribution in [3.63, 3.8) is 0 Å². The number of likely N-dealkylation sites (N-methyl/N-ethyl adjacent to an activating group) is 1. The first-order chi connectivity index (χ1) is 16.0. The Hall–Kier alpha value is -2.62. The van der Waals surface area contributed by atoms with Crippen molar-refractivity contribution in [3.8, 4) is 5.88 Å². The second kappa shape index (κ2) is 9.20. The third-order valence-electron chi connectivity index (χ3n) is 5.61. The van der Waals surface area contributed by atoms with Crippen LogP contribution in [0.3, 0.4) is 0 Å². The van der Waals surface area contributed by atoms with Gasteiger partial charge < -0.3 is 30.3 Å². The van der Waals surface area contributed by atoms with Crippen LogP contribution in [0.25, 0.3) is 11.2 Å². The average Bonchev–Trinajstić information content (AvgIpc) is 3.37. The molecule has 6 atom stereocenters. The third-order valence-corrected chi connectivity index (χ3v) is 8.04. The van der Waals surface area contributed by atoms with Gasteiger partial charge in [0.1, 0.15) is 30.5 Å². The Morgan fingerprint density at radius 3 is 2.79 bits per heavy atom. The zero-order valence-electron chi connectivity index (χ0n) is 18.3. The predicted octanol–water partition coefficient (Wildman–Crippen LogP) is -0.616. The van der Waals surface area contributed by atoms with Crippen LogP contribution in [0.15, 0.2) is 6.33 Å². The Labute approximate surface area is 197 Å². The van der Waals surface area contributed by atoms with E-state index in [9.17, 15) is 24.4 Å². The second-order valence-electron chi connectivity index (χ2n) is 7.85. The number of carbonyl (C=O) groups is 2. The molecule has 0 aromatic carbocycles. The van der Waals surface area contributed by atoms with E-state index in [-0.39, 0.29) is 35.4 Å². The molecule has 2 aliphatic heterocycles. The van der Waals surface area contributed by atoms with Gasteiger partial charge in [0.05, 0.1) is 19.2 Å². The highest BCUT2D eigenvalue weighted by Crippen LogP contribution is 2.44. The SMILES string of the molecule is COc1nc(N)nc2c1ncn2[C@@H]1O[C@H](CO[P+](=O)SC[C@@H]2C(=O)NC(=O)N2C)[C@@H](O)[C@@]1(C)O. The summed E-state index contributed by atoms with van der Waals surface area (Å²) in [4.78, 5) is 36.7. The molecule has 0 spiro atoms. The van der Waals surface area contributed by atoms with E-state index < -0.39 is 49.2 Å². The van der Waals surface area contributed by atoms with Gasteiger partial charge in [-0.25, -0.2) is 9.78 Å². The number of carbonyl (C=O) groups excluding carboxylic acids is 2. The van der Waals surface area contributed by atoms with Gasteiger partial charge >= 0.3 is 13.3 Å². The quantitative estimate of drug-likeness (QED) is 0.255. The Bertz CT molecular complexity index is 1150. The van der Waals surface area contributed by atoms with Crippen LogP contribution in [0, 0.1) is 0 Å². The summed E-state index contributed by atoms with van der Waals surface area (Å²) >= 11 is 0.846. The molecule has 2 aromatic rings. The molecule has 1 unspecified atom stereocenters. The summed E-state index contributed by atoms with van der Waals surface area (Å²) in [5.41, 5.74) is 4.44. The van der Waals surface area contributed by atoms with Crippen LogP contribution in [-0.4, -0.2) is 96.9 Å². The number of methoxy groups -OCH3 is 1. The zero-order valence-corrected chi connectivity index (χ0v) is 20.0. The molecule has 3 amide bonds. The lowest BCUT2D eigenvalue weighted by atomic mass is 9.96. The molecule has 4 rings (SSSR count). The van der Waals surface area contributed by atoms with Crippen LogP contribution in [0.1, 0.15) is 13.2 Å². The molecular formula is C17H23N7O8PS+. The van der Waals surface area contributed by atoms with E-state index in [0.29, 0.717) is 0 Å². The molecule has 2 saturated heterocycles. The average molecular weight is 516 g/mol. The number of hydrogen-bond acceptors (Lipinski definition) is 13. The van der Waals surface area contributed by atoms with Crippen LogP contribution in [0.5, 0.6) is 5.88 Å². The number of imide groups is 1. The van der Waals surface area contributed by atoms with Crippen LogP contribution < -0.4 is 15.8 Å². The summed E-state index contributed by atoms with van der Waals surface area (Å²) in [6.45, 7) is 1.06. The molecule has 0 bridgehead atoms. The smallest absolute Gasteiger partial charge is 0.479 e. The minimum atomic E-state index is -2.31. The number of anilines is 1. The number of nitrogens with two attached hydrogens (primary N) is 1. The van der Waals surface area contributed by atoms with E-state index in [1.54, 1.807) is 0 Å². The van der Waals surface area contributed by atoms with Gasteiger partial charge in [0.2, 0.25) is 11.8 Å². The largest absolute Gasteiger partial charge is 0.585 e. The second-order valence-corrected chi connectivity index (χ2v) is 10.8. The Morgan fingerprint density at radius 1 is 1.41 bits per heavy atom. The van der Waals surface area contributed by atoms with Crippen molar-refractivity contribution in [1.29, 1.82) is 0 Å². The maximum absolute atomic E-state index is 12.3. The van der Waals surface area contributed by atoms with E-state index in [0.717, 1.165) is 11.4 Å². The topological polar surface area (TPSA) is 204 Å². The Morgan fingerprint density at radius 2 is 2.15 bits per heavy atom. The number of rotatable bonds is 8. The van der Waals surface area contributed by atoms with E-state index in [4.69, 9.17) is 19.7 Å². The first-order valence-corrected chi connectivity index (χ1v) is 12.7. The predicted molar refractivity (Wildman–Crippen MR) is 118 cm³/mol. The van der Waals surface area contributed by atoms with Gasteiger partial charge in [0.25, 0.3) is 5.91 Å². The monoisotopic (exact) mass is 516 g/mol. The van der Waals surface area contributed by atoms with E-state index >= 15 is 0 Å². The third kappa shape index (κ3) is 4.28. The normalized spacial score (nSPS) is 29.7. The molecule has 0 aliphatic carbocycles. The first kappa shape index (κ1) is 24.5. The molecule has 2 fully saturated rings. The zero-order chi connectivity index (χ0) is 24.8. The van der Waals surface area contributed by atoms with Gasteiger partial charge in [-0.05, 0) is 11.5 Å². The van der Waals surface area contributed by atoms with Crippen molar-refractivity contribution in [2.75, 3.05) is 32.3 Å². The summed E-state index contributed by atoms with van der Waals surface area (Å²) < 4.78 is 30.0. The summed E-state index contributed by atoms with van der Waals surface area (Å²) in [5.74, 6) is -0.370. The van der Waals surface area contributed by atoms with Crippen molar-refractivity contribution < 1.29 is 38.4 Å². The highest BCUT2D eigenvalue weighted by molar-refractivity contribution is 8.50. The number of amides is 3. The van der Waals surface area contributed by atoms with Gasteiger partial charge in [0.15, 0.2) is 28.8 Å². The molecule has 2 aromatic heterocycles. The number of nitrogens with zero attached hydrogens (tertiary/aromatic N) is 5. The fourth-order valence-corrected chi connectivity index (χ4v) is 5.86. The van der Waals surface area contributed by atoms with Crippen LogP contribution in [-0.2, 0) is 18.6 Å². The molecule has 184 valence electrons. The van der Waals surface area contributed by atoms with E-state index in [2.05, 4.69) is 20.3 Å². The van der Waals surface area contributed by atoms with Crippen molar-refractivity contribution in [2.45, 2.75) is 37.0 Å². The number of aromatic nitrogens is 4. The minimum Gasteiger partial charge on any atom is -0.479 e. The van der Waals surface area contributed by atoms with Gasteiger partial charge in [-0.2, -0.15) is 9.97 Å². The van der Waals surface area contributed by atoms with Crippen molar-refractivity contribution in [3.05, 3.63) is 6.33 Å². The molecule has 0 saturated carbocycles. The highest BCUT2D eigenvalue weighted by Gasteiger charge is 2.54. The van der Waals surface area contributed by atoms with Crippen LogP contribution in [0.4, 0.5) is 10.7 Å².